The SMILES string of the molecule is CC(ON=[N+]([O-])N(C)CCC(=O)O)OC(=O)c1ccccc1. The van der Waals surface area contributed by atoms with Gasteiger partial charge in [-0.3, -0.25) is 9.63 Å². The molecule has 0 aliphatic heterocycles. The van der Waals surface area contributed by atoms with E-state index in [9.17, 15) is 14.8 Å². The molecule has 1 unspecified atom stereocenters. The van der Waals surface area contributed by atoms with Crippen molar-refractivity contribution in [2.45, 2.75) is 19.6 Å². The van der Waals surface area contributed by atoms with Crippen LogP contribution in [-0.2, 0) is 14.4 Å². The van der Waals surface area contributed by atoms with Crippen LogP contribution in [-0.4, -0.2) is 46.9 Å². The number of nitrogens with zero attached hydrogens (tertiary/aromatic N) is 3. The van der Waals surface area contributed by atoms with Gasteiger partial charge in [0, 0.05) is 6.92 Å². The molecule has 1 aromatic carbocycles. The van der Waals surface area contributed by atoms with E-state index < -0.39 is 18.2 Å². The number of ether oxygens (including phenoxy) is 1. The van der Waals surface area contributed by atoms with E-state index in [0.29, 0.717) is 5.56 Å². The van der Waals surface area contributed by atoms with Crippen molar-refractivity contribution in [2.75, 3.05) is 13.6 Å². The molecule has 9 nitrogen and oxygen atoms in total. The van der Waals surface area contributed by atoms with Gasteiger partial charge in [-0.05, 0) is 12.1 Å². The minimum Gasteiger partial charge on any atom is -0.569 e. The fourth-order valence-corrected chi connectivity index (χ4v) is 1.33. The summed E-state index contributed by atoms with van der Waals surface area (Å²) >= 11 is 0. The third-order valence-electron chi connectivity index (χ3n) is 2.49. The Morgan fingerprint density at radius 2 is 2.05 bits per heavy atom. The van der Waals surface area contributed by atoms with Crippen molar-refractivity contribution in [1.82, 2.24) is 5.01 Å². The maximum Gasteiger partial charge on any atom is 0.341 e. The predicted molar refractivity (Wildman–Crippen MR) is 73.3 cm³/mol. The van der Waals surface area contributed by atoms with Crippen molar-refractivity contribution in [2.24, 2.45) is 5.28 Å². The summed E-state index contributed by atoms with van der Waals surface area (Å²) in [4.78, 5) is 26.9. The average molecular weight is 311 g/mol. The van der Waals surface area contributed by atoms with E-state index in [4.69, 9.17) is 14.7 Å². The highest BCUT2D eigenvalue weighted by molar-refractivity contribution is 5.89. The van der Waals surface area contributed by atoms with Crippen LogP contribution < -0.4 is 0 Å². The number of carbonyl (C=O) groups is 2. The lowest BCUT2D eigenvalue weighted by atomic mass is 10.2. The highest BCUT2D eigenvalue weighted by Crippen LogP contribution is 2.05. The second-order valence-electron chi connectivity index (χ2n) is 4.30. The van der Waals surface area contributed by atoms with Crippen LogP contribution in [0.15, 0.2) is 35.6 Å². The van der Waals surface area contributed by atoms with E-state index in [-0.39, 0.29) is 17.9 Å². The number of hydrogen-bond donors (Lipinski definition) is 1. The molecule has 0 saturated carbocycles. The van der Waals surface area contributed by atoms with Crippen LogP contribution in [0, 0.1) is 5.21 Å². The molecule has 0 radical (unpaired) electrons. The minimum atomic E-state index is -1.07. The lowest BCUT2D eigenvalue weighted by Gasteiger charge is -2.13. The third-order valence-corrected chi connectivity index (χ3v) is 2.49. The maximum atomic E-state index is 11.7. The Morgan fingerprint density at radius 3 is 2.64 bits per heavy atom. The molecule has 0 saturated heterocycles. The zero-order valence-electron chi connectivity index (χ0n) is 12.2. The second kappa shape index (κ2) is 8.45. The monoisotopic (exact) mass is 311 g/mol. The van der Waals surface area contributed by atoms with E-state index in [1.54, 1.807) is 30.3 Å². The van der Waals surface area contributed by atoms with Crippen LogP contribution in [0.4, 0.5) is 0 Å². The highest BCUT2D eigenvalue weighted by Gasteiger charge is 2.14. The van der Waals surface area contributed by atoms with Crippen LogP contribution in [0.2, 0.25) is 0 Å². The van der Waals surface area contributed by atoms with Crippen molar-refractivity contribution in [3.05, 3.63) is 41.1 Å². The summed E-state index contributed by atoms with van der Waals surface area (Å²) < 4.78 is 4.93. The van der Waals surface area contributed by atoms with E-state index in [1.165, 1.54) is 14.0 Å². The normalized spacial score (nSPS) is 12.4. The van der Waals surface area contributed by atoms with Crippen LogP contribution >= 0.6 is 0 Å². The standard InChI is InChI=1S/C13H17N3O6/c1-10(21-13(19)11-6-4-3-5-7-11)22-14-16(20)15(2)9-8-12(17)18/h3-7,10H,8-9H2,1-2H3,(H,17,18). The molecule has 0 aliphatic carbocycles. The molecule has 0 spiro atoms. The van der Waals surface area contributed by atoms with Gasteiger partial charge in [-0.1, -0.05) is 18.2 Å². The summed E-state index contributed by atoms with van der Waals surface area (Å²) in [6, 6.07) is 8.28. The fourth-order valence-electron chi connectivity index (χ4n) is 1.33. The highest BCUT2D eigenvalue weighted by atomic mass is 16.8. The van der Waals surface area contributed by atoms with Gasteiger partial charge < -0.3 is 15.1 Å². The number of benzene rings is 1. The van der Waals surface area contributed by atoms with Crippen molar-refractivity contribution in [3.63, 3.8) is 0 Å². The number of hydrogen-bond acceptors (Lipinski definition) is 6. The molecule has 120 valence electrons. The first kappa shape index (κ1) is 17.2. The van der Waals surface area contributed by atoms with Gasteiger partial charge in [0.05, 0.1) is 30.5 Å². The second-order valence-corrected chi connectivity index (χ2v) is 4.30. The Balaban J connectivity index is 2.44. The summed E-state index contributed by atoms with van der Waals surface area (Å²) in [5.74, 6) is -1.65. The van der Waals surface area contributed by atoms with E-state index in [0.717, 1.165) is 5.01 Å². The molecule has 22 heavy (non-hydrogen) atoms. The van der Waals surface area contributed by atoms with Crippen LogP contribution in [0.5, 0.6) is 0 Å². The Hall–Kier alpha value is -2.84. The van der Waals surface area contributed by atoms with Crippen molar-refractivity contribution in [1.29, 1.82) is 0 Å². The Labute approximate surface area is 126 Å². The number of aliphatic carboxylic acids is 1. The van der Waals surface area contributed by atoms with Crippen molar-refractivity contribution in [3.8, 4) is 0 Å². The Bertz CT molecular complexity index is 534. The molecular formula is C13H17N3O6. The van der Waals surface area contributed by atoms with Gasteiger partial charge >= 0.3 is 11.9 Å². The molecule has 0 amide bonds. The van der Waals surface area contributed by atoms with Gasteiger partial charge in [-0.25, -0.2) is 4.79 Å². The molecule has 0 bridgehead atoms. The molecule has 0 fully saturated rings. The van der Waals surface area contributed by atoms with E-state index in [1.807, 2.05) is 0 Å². The molecule has 0 heterocycles. The predicted octanol–water partition coefficient (Wildman–Crippen LogP) is 1.40. The number of esters is 1. The Kier molecular flexibility index (Phi) is 6.61. The summed E-state index contributed by atoms with van der Waals surface area (Å²) in [7, 11) is 1.35. The minimum absolute atomic E-state index is 0.0378. The summed E-state index contributed by atoms with van der Waals surface area (Å²) in [5, 5.41) is 24.1. The quantitative estimate of drug-likeness (QED) is 0.254. The van der Waals surface area contributed by atoms with Gasteiger partial charge in [-0.15, -0.1) is 5.01 Å². The lowest BCUT2D eigenvalue weighted by Crippen LogP contribution is -2.29. The smallest absolute Gasteiger partial charge is 0.341 e. The van der Waals surface area contributed by atoms with Gasteiger partial charge in [0.15, 0.2) is 0 Å². The summed E-state index contributed by atoms with van der Waals surface area (Å²) in [6.45, 7) is 1.36. The van der Waals surface area contributed by atoms with Gasteiger partial charge in [-0.2, -0.15) is 0 Å². The number of rotatable bonds is 8. The van der Waals surface area contributed by atoms with Crippen LogP contribution in [0.1, 0.15) is 23.7 Å². The van der Waals surface area contributed by atoms with Crippen LogP contribution in [0.3, 0.4) is 0 Å². The zero-order valence-corrected chi connectivity index (χ0v) is 12.2. The molecule has 1 atom stereocenters. The number of hydrazine groups is 1. The molecule has 0 aromatic heterocycles. The largest absolute Gasteiger partial charge is 0.569 e. The number of carboxylic acids is 1. The zero-order chi connectivity index (χ0) is 16.5. The van der Waals surface area contributed by atoms with Gasteiger partial charge in [0.1, 0.15) is 0 Å². The molecule has 1 rings (SSSR count). The fraction of sp³-hybridized carbons (Fsp3) is 0.385. The average Bonchev–Trinajstić information content (AvgIpc) is 2.50. The first-order chi connectivity index (χ1) is 10.4. The Morgan fingerprint density at radius 1 is 1.41 bits per heavy atom. The first-order valence-corrected chi connectivity index (χ1v) is 6.43. The lowest BCUT2D eigenvalue weighted by molar-refractivity contribution is -0.707. The van der Waals surface area contributed by atoms with Gasteiger partial charge in [0.25, 0.3) is 6.29 Å². The number of carboxylic acid groups (broad SMARTS) is 1. The maximum absolute atomic E-state index is 11.7. The van der Waals surface area contributed by atoms with Gasteiger partial charge in [0.2, 0.25) is 5.28 Å². The first-order valence-electron chi connectivity index (χ1n) is 6.43. The van der Waals surface area contributed by atoms with E-state index in [2.05, 4.69) is 5.28 Å². The van der Waals surface area contributed by atoms with Crippen molar-refractivity contribution < 1.29 is 29.2 Å². The molecule has 1 aromatic rings. The molecule has 9 heteroatoms. The molecular weight excluding hydrogens is 294 g/mol. The summed E-state index contributed by atoms with van der Waals surface area (Å²) in [6.07, 6.45) is -1.29. The van der Waals surface area contributed by atoms with Crippen LogP contribution in [0.25, 0.3) is 0 Å². The van der Waals surface area contributed by atoms with Crippen molar-refractivity contribution >= 4 is 11.9 Å². The topological polar surface area (TPSA) is 114 Å². The summed E-state index contributed by atoms with van der Waals surface area (Å²) in [5.41, 5.74) is 0.343. The van der Waals surface area contributed by atoms with E-state index >= 15 is 0 Å². The molecule has 1 N–H and O–H groups in total. The molecule has 0 aliphatic rings. The number of carbonyl (C=O) groups excluding carboxylic acids is 1. The third kappa shape index (κ3) is 6.07.